The third-order valence-electron chi connectivity index (χ3n) is 6.11. The van der Waals surface area contributed by atoms with Crippen LogP contribution in [0.2, 0.25) is 0 Å². The van der Waals surface area contributed by atoms with E-state index in [2.05, 4.69) is 34.3 Å². The zero-order valence-corrected chi connectivity index (χ0v) is 16.4. The van der Waals surface area contributed by atoms with E-state index in [1.165, 1.54) is 11.6 Å². The Bertz CT molecular complexity index is 813. The fourth-order valence-electron chi connectivity index (χ4n) is 4.92. The predicted octanol–water partition coefficient (Wildman–Crippen LogP) is 2.72. The van der Waals surface area contributed by atoms with Crippen LogP contribution < -0.4 is 5.32 Å². The number of carbonyl (C=O) groups is 1. The Labute approximate surface area is 166 Å². The van der Waals surface area contributed by atoms with Crippen molar-refractivity contribution in [3.8, 4) is 0 Å². The van der Waals surface area contributed by atoms with E-state index in [1.807, 2.05) is 24.3 Å². The van der Waals surface area contributed by atoms with Gasteiger partial charge in [0, 0.05) is 32.2 Å². The molecule has 0 saturated carbocycles. The van der Waals surface area contributed by atoms with Crippen LogP contribution >= 0.6 is 0 Å². The van der Waals surface area contributed by atoms with E-state index in [-0.39, 0.29) is 17.8 Å². The minimum atomic E-state index is -0.179. The van der Waals surface area contributed by atoms with E-state index < -0.39 is 0 Å². The fraction of sp³-hybridized carbons (Fsp3) is 0.435. The zero-order valence-electron chi connectivity index (χ0n) is 16.4. The molecule has 4 nitrogen and oxygen atoms in total. The summed E-state index contributed by atoms with van der Waals surface area (Å²) >= 11 is 0. The van der Waals surface area contributed by atoms with Gasteiger partial charge in [-0.15, -0.1) is 0 Å². The minimum Gasteiger partial charge on any atom is -0.355 e. The summed E-state index contributed by atoms with van der Waals surface area (Å²) in [6, 6.07) is 17.4. The summed E-state index contributed by atoms with van der Waals surface area (Å²) < 4.78 is 13.7. The number of benzene rings is 2. The number of carbonyl (C=O) groups excluding carboxylic acids is 1. The van der Waals surface area contributed by atoms with Crippen molar-refractivity contribution in [3.05, 3.63) is 71.5 Å². The molecule has 148 valence electrons. The van der Waals surface area contributed by atoms with Crippen LogP contribution in [-0.4, -0.2) is 55.5 Å². The number of nitrogens with zero attached hydrogens (tertiary/aromatic N) is 2. The molecule has 0 spiro atoms. The molecule has 5 heteroatoms. The van der Waals surface area contributed by atoms with E-state index in [0.717, 1.165) is 31.6 Å². The Hall–Kier alpha value is -2.24. The van der Waals surface area contributed by atoms with E-state index in [1.54, 1.807) is 12.1 Å². The summed E-state index contributed by atoms with van der Waals surface area (Å²) in [6.45, 7) is 3.94. The number of hydrogen-bond acceptors (Lipinski definition) is 3. The number of halogens is 1. The summed E-state index contributed by atoms with van der Waals surface area (Å²) in [5.41, 5.74) is 2.28. The van der Waals surface area contributed by atoms with E-state index in [0.29, 0.717) is 24.9 Å². The summed E-state index contributed by atoms with van der Waals surface area (Å²) in [5, 5.41) is 3.04. The number of amides is 1. The maximum Gasteiger partial charge on any atom is 0.234 e. The minimum absolute atomic E-state index is 0.0894. The highest BCUT2D eigenvalue weighted by atomic mass is 19.1. The molecule has 2 aromatic carbocycles. The molecule has 2 aliphatic rings. The fourth-order valence-corrected chi connectivity index (χ4v) is 4.92. The van der Waals surface area contributed by atoms with Crippen molar-refractivity contribution in [2.24, 2.45) is 11.8 Å². The third-order valence-corrected chi connectivity index (χ3v) is 6.11. The molecule has 0 radical (unpaired) electrons. The second-order valence-corrected chi connectivity index (χ2v) is 8.14. The van der Waals surface area contributed by atoms with Gasteiger partial charge in [0.05, 0.1) is 6.54 Å². The summed E-state index contributed by atoms with van der Waals surface area (Å²) in [4.78, 5) is 16.9. The van der Waals surface area contributed by atoms with Crippen molar-refractivity contribution in [3.63, 3.8) is 0 Å². The highest BCUT2D eigenvalue weighted by Gasteiger charge is 2.46. The number of rotatable bonds is 6. The lowest BCUT2D eigenvalue weighted by Gasteiger charge is -2.26. The topological polar surface area (TPSA) is 35.6 Å². The number of likely N-dealkylation sites (tertiary alicyclic amines) is 2. The smallest absolute Gasteiger partial charge is 0.234 e. The van der Waals surface area contributed by atoms with Gasteiger partial charge in [0.25, 0.3) is 0 Å². The molecule has 4 rings (SSSR count). The molecular weight excluding hydrogens is 353 g/mol. The maximum atomic E-state index is 13.7. The molecule has 1 amide bonds. The Morgan fingerprint density at radius 2 is 1.93 bits per heavy atom. The number of nitrogens with one attached hydrogen (secondary N) is 1. The molecule has 3 atom stereocenters. The average molecular weight is 381 g/mol. The normalized spacial score (nSPS) is 25.0. The number of fused-ring (bicyclic) bond motifs is 1. The molecular formula is C23H28FN3O. The van der Waals surface area contributed by atoms with Gasteiger partial charge in [-0.2, -0.15) is 0 Å². The second kappa shape index (κ2) is 8.41. The predicted molar refractivity (Wildman–Crippen MR) is 108 cm³/mol. The van der Waals surface area contributed by atoms with Crippen LogP contribution in [0, 0.1) is 17.7 Å². The molecule has 2 aliphatic heterocycles. The van der Waals surface area contributed by atoms with Crippen LogP contribution in [-0.2, 0) is 11.2 Å². The van der Waals surface area contributed by atoms with Crippen LogP contribution in [0.5, 0.6) is 0 Å². The van der Waals surface area contributed by atoms with Crippen molar-refractivity contribution < 1.29 is 9.18 Å². The molecule has 0 aliphatic carbocycles. The Balaban J connectivity index is 1.29. The first kappa shape index (κ1) is 19.1. The molecule has 0 unspecified atom stereocenters. The number of hydrogen-bond donors (Lipinski definition) is 1. The molecule has 2 aromatic rings. The van der Waals surface area contributed by atoms with Crippen molar-refractivity contribution in [2.75, 3.05) is 39.8 Å². The van der Waals surface area contributed by atoms with E-state index in [4.69, 9.17) is 0 Å². The van der Waals surface area contributed by atoms with Gasteiger partial charge in [-0.3, -0.25) is 14.6 Å². The molecule has 1 N–H and O–H groups in total. The van der Waals surface area contributed by atoms with Crippen molar-refractivity contribution in [2.45, 2.75) is 12.5 Å². The van der Waals surface area contributed by atoms with Crippen molar-refractivity contribution >= 4 is 5.91 Å². The zero-order chi connectivity index (χ0) is 19.5. The molecule has 2 heterocycles. The van der Waals surface area contributed by atoms with E-state index in [9.17, 15) is 9.18 Å². The first-order valence-corrected chi connectivity index (χ1v) is 10.1. The van der Waals surface area contributed by atoms with E-state index >= 15 is 0 Å². The highest BCUT2D eigenvalue weighted by molar-refractivity contribution is 5.78. The lowest BCUT2D eigenvalue weighted by Crippen LogP contribution is -2.38. The summed E-state index contributed by atoms with van der Waals surface area (Å²) in [5.74, 6) is 0.896. The quantitative estimate of drug-likeness (QED) is 0.836. The van der Waals surface area contributed by atoms with Gasteiger partial charge in [0.15, 0.2) is 0 Å². The standard InChI is InChI=1S/C23H28FN3O/c1-26-13-19-14-27(15-21(19)23(26)18-8-5-9-20(24)12-18)16-22(28)25-11-10-17-6-3-2-4-7-17/h2-9,12,19,21,23H,10-11,13-16H2,1H3,(H,25,28)/t19-,21+,23-/m0/s1. The maximum absolute atomic E-state index is 13.7. The largest absolute Gasteiger partial charge is 0.355 e. The van der Waals surface area contributed by atoms with Gasteiger partial charge in [-0.25, -0.2) is 4.39 Å². The summed E-state index contributed by atoms with van der Waals surface area (Å²) in [7, 11) is 2.12. The van der Waals surface area contributed by atoms with Crippen molar-refractivity contribution in [1.29, 1.82) is 0 Å². The average Bonchev–Trinajstić information content (AvgIpc) is 3.18. The molecule has 0 bridgehead atoms. The Morgan fingerprint density at radius 3 is 2.71 bits per heavy atom. The van der Waals surface area contributed by atoms with Gasteiger partial charge in [-0.1, -0.05) is 42.5 Å². The molecule has 28 heavy (non-hydrogen) atoms. The van der Waals surface area contributed by atoms with Crippen LogP contribution in [0.15, 0.2) is 54.6 Å². The molecule has 2 saturated heterocycles. The van der Waals surface area contributed by atoms with Crippen LogP contribution in [0.1, 0.15) is 17.2 Å². The van der Waals surface area contributed by atoms with Gasteiger partial charge >= 0.3 is 0 Å². The first-order valence-electron chi connectivity index (χ1n) is 10.1. The molecule has 2 fully saturated rings. The molecule has 0 aromatic heterocycles. The first-order chi connectivity index (χ1) is 13.6. The highest BCUT2D eigenvalue weighted by Crippen LogP contribution is 2.43. The van der Waals surface area contributed by atoms with Crippen LogP contribution in [0.25, 0.3) is 0 Å². The van der Waals surface area contributed by atoms with Gasteiger partial charge in [0.2, 0.25) is 5.91 Å². The van der Waals surface area contributed by atoms with Gasteiger partial charge < -0.3 is 5.32 Å². The van der Waals surface area contributed by atoms with Crippen molar-refractivity contribution in [1.82, 2.24) is 15.1 Å². The van der Waals surface area contributed by atoms with Crippen LogP contribution in [0.4, 0.5) is 4.39 Å². The Kier molecular flexibility index (Phi) is 5.74. The third kappa shape index (κ3) is 4.26. The monoisotopic (exact) mass is 381 g/mol. The lowest BCUT2D eigenvalue weighted by molar-refractivity contribution is -0.122. The lowest BCUT2D eigenvalue weighted by atomic mass is 9.89. The SMILES string of the molecule is CN1C[C@H]2CN(CC(=O)NCCc3ccccc3)C[C@H]2[C@@H]1c1cccc(F)c1. The summed E-state index contributed by atoms with van der Waals surface area (Å²) in [6.07, 6.45) is 0.851. The van der Waals surface area contributed by atoms with Gasteiger partial charge in [-0.05, 0) is 48.6 Å². The Morgan fingerprint density at radius 1 is 1.11 bits per heavy atom. The van der Waals surface area contributed by atoms with Gasteiger partial charge in [0.1, 0.15) is 5.82 Å². The second-order valence-electron chi connectivity index (χ2n) is 8.14. The van der Waals surface area contributed by atoms with Crippen LogP contribution in [0.3, 0.4) is 0 Å².